The van der Waals surface area contributed by atoms with E-state index in [0.717, 1.165) is 22.6 Å². The van der Waals surface area contributed by atoms with Gasteiger partial charge in [0.25, 0.3) is 0 Å². The third-order valence-electron chi connectivity index (χ3n) is 12.3. The van der Waals surface area contributed by atoms with E-state index in [4.69, 9.17) is 0 Å². The third-order valence-corrected chi connectivity index (χ3v) is 12.3. The molecule has 0 aromatic heterocycles. The average molecular weight is 802 g/mol. The van der Waals surface area contributed by atoms with Crippen LogP contribution in [0.4, 0.5) is 17.1 Å². The molecule has 0 heterocycles. The Balaban J connectivity index is 1.15. The average Bonchev–Trinajstić information content (AvgIpc) is 3.37. The van der Waals surface area contributed by atoms with E-state index in [-0.39, 0.29) is 0 Å². The number of hydrogen-bond donors (Lipinski definition) is 0. The molecule has 63 heavy (non-hydrogen) atoms. The molecule has 0 bridgehead atoms. The van der Waals surface area contributed by atoms with E-state index >= 15 is 0 Å². The minimum absolute atomic E-state index is 1.08. The molecular weight excluding hydrogens is 759 g/mol. The fourth-order valence-corrected chi connectivity index (χ4v) is 9.32. The van der Waals surface area contributed by atoms with E-state index in [1.165, 1.54) is 82.7 Å². The molecule has 0 spiro atoms. The summed E-state index contributed by atoms with van der Waals surface area (Å²) in [5, 5.41) is 4.90. The zero-order valence-electron chi connectivity index (χ0n) is 34.8. The van der Waals surface area contributed by atoms with Gasteiger partial charge in [-0.1, -0.05) is 224 Å². The highest BCUT2D eigenvalue weighted by Gasteiger charge is 2.24. The molecule has 0 N–H and O–H groups in total. The predicted octanol–water partition coefficient (Wildman–Crippen LogP) is 17.5. The Kier molecular flexibility index (Phi) is 9.97. The highest BCUT2D eigenvalue weighted by Crippen LogP contribution is 2.50. The van der Waals surface area contributed by atoms with E-state index in [0.29, 0.717) is 0 Å². The molecule has 0 saturated heterocycles. The lowest BCUT2D eigenvalue weighted by atomic mass is 9.84. The van der Waals surface area contributed by atoms with E-state index in [2.05, 4.69) is 266 Å². The van der Waals surface area contributed by atoms with E-state index < -0.39 is 0 Å². The smallest absolute Gasteiger partial charge is 0.0546 e. The highest BCUT2D eigenvalue weighted by molar-refractivity contribution is 6.25. The second-order valence-electron chi connectivity index (χ2n) is 16.0. The van der Waals surface area contributed by atoms with Crippen molar-refractivity contribution in [3.8, 4) is 66.8 Å². The Morgan fingerprint density at radius 3 is 1.19 bits per heavy atom. The Morgan fingerprint density at radius 1 is 0.222 bits per heavy atom. The fourth-order valence-electron chi connectivity index (χ4n) is 9.32. The SMILES string of the molecule is c1ccc(-c2ccc(N(c3ccc(-c4ccc(-c5ccccc5)cc4-c4ccccc4)cc3)c3cccc4c3c(-c3ccccc3)c(-c3ccccc3)c3ccccc34)cc2)cc1. The molecule has 11 rings (SSSR count). The molecule has 0 unspecified atom stereocenters. The molecule has 0 saturated carbocycles. The molecule has 0 aliphatic rings. The number of fused-ring (bicyclic) bond motifs is 3. The van der Waals surface area contributed by atoms with Gasteiger partial charge in [-0.3, -0.25) is 0 Å². The normalized spacial score (nSPS) is 11.2. The van der Waals surface area contributed by atoms with Gasteiger partial charge < -0.3 is 4.90 Å². The van der Waals surface area contributed by atoms with Crippen LogP contribution in [-0.4, -0.2) is 0 Å². The topological polar surface area (TPSA) is 3.24 Å². The summed E-state index contributed by atoms with van der Waals surface area (Å²) in [4.78, 5) is 2.45. The van der Waals surface area contributed by atoms with Crippen LogP contribution < -0.4 is 4.90 Å². The zero-order valence-corrected chi connectivity index (χ0v) is 34.8. The molecule has 11 aromatic carbocycles. The maximum Gasteiger partial charge on any atom is 0.0546 e. The summed E-state index contributed by atoms with van der Waals surface area (Å²) in [6, 6.07) is 94.7. The van der Waals surface area contributed by atoms with Gasteiger partial charge in [0.05, 0.1) is 5.69 Å². The summed E-state index contributed by atoms with van der Waals surface area (Å²) >= 11 is 0. The lowest BCUT2D eigenvalue weighted by molar-refractivity contribution is 1.30. The van der Waals surface area contributed by atoms with Gasteiger partial charge in [-0.15, -0.1) is 0 Å². The molecule has 11 aromatic rings. The molecule has 0 atom stereocenters. The van der Waals surface area contributed by atoms with Crippen LogP contribution in [0.2, 0.25) is 0 Å². The highest BCUT2D eigenvalue weighted by atomic mass is 15.1. The standard InChI is InChI=1S/C62H43N/c1-6-19-44(20-7-1)46-33-38-52(39-34-46)63(53-40-35-48(36-41-53)54-42-37-51(45-21-8-2-9-22-45)43-58(54)47-23-10-3-11-24-47)59-32-18-31-57-55-29-16-17-30-56(55)60(49-25-12-4-13-26-49)61(62(57)59)50-27-14-5-15-28-50/h1-43H. The quantitative estimate of drug-likeness (QED) is 0.131. The first-order chi connectivity index (χ1) is 31.3. The summed E-state index contributed by atoms with van der Waals surface area (Å²) in [6.07, 6.45) is 0. The van der Waals surface area contributed by atoms with Crippen LogP contribution in [0, 0.1) is 0 Å². The maximum absolute atomic E-state index is 2.45. The Morgan fingerprint density at radius 2 is 0.619 bits per heavy atom. The van der Waals surface area contributed by atoms with Crippen molar-refractivity contribution in [2.45, 2.75) is 0 Å². The number of nitrogens with zero attached hydrogens (tertiary/aromatic N) is 1. The predicted molar refractivity (Wildman–Crippen MR) is 269 cm³/mol. The molecule has 0 aliphatic heterocycles. The van der Waals surface area contributed by atoms with Gasteiger partial charge in [0.1, 0.15) is 0 Å². The van der Waals surface area contributed by atoms with Crippen molar-refractivity contribution in [2.24, 2.45) is 0 Å². The Bertz CT molecular complexity index is 3320. The van der Waals surface area contributed by atoms with Crippen LogP contribution in [0.15, 0.2) is 261 Å². The number of hydrogen-bond acceptors (Lipinski definition) is 1. The Labute approximate surface area is 369 Å². The van der Waals surface area contributed by atoms with Crippen molar-refractivity contribution in [3.63, 3.8) is 0 Å². The molecule has 0 aliphatic carbocycles. The van der Waals surface area contributed by atoms with Crippen molar-refractivity contribution in [2.75, 3.05) is 4.90 Å². The Hall–Kier alpha value is -8.26. The minimum atomic E-state index is 1.08. The van der Waals surface area contributed by atoms with Crippen molar-refractivity contribution >= 4 is 38.6 Å². The molecule has 1 heteroatoms. The van der Waals surface area contributed by atoms with Gasteiger partial charge in [-0.05, 0) is 114 Å². The number of benzene rings is 11. The van der Waals surface area contributed by atoms with Gasteiger partial charge in [-0.25, -0.2) is 0 Å². The van der Waals surface area contributed by atoms with Crippen LogP contribution in [0.1, 0.15) is 0 Å². The molecule has 0 radical (unpaired) electrons. The van der Waals surface area contributed by atoms with Gasteiger partial charge in [0.15, 0.2) is 0 Å². The first kappa shape index (κ1) is 37.7. The number of anilines is 3. The van der Waals surface area contributed by atoms with Gasteiger partial charge >= 0.3 is 0 Å². The summed E-state index contributed by atoms with van der Waals surface area (Å²) in [5.74, 6) is 0. The van der Waals surface area contributed by atoms with E-state index in [1.54, 1.807) is 0 Å². The van der Waals surface area contributed by atoms with Crippen LogP contribution in [0.5, 0.6) is 0 Å². The van der Waals surface area contributed by atoms with Gasteiger partial charge in [0.2, 0.25) is 0 Å². The molecule has 296 valence electrons. The first-order valence-electron chi connectivity index (χ1n) is 21.7. The minimum Gasteiger partial charge on any atom is -0.310 e. The van der Waals surface area contributed by atoms with Crippen LogP contribution in [0.25, 0.3) is 88.3 Å². The summed E-state index contributed by atoms with van der Waals surface area (Å²) in [7, 11) is 0. The van der Waals surface area contributed by atoms with Gasteiger partial charge in [0, 0.05) is 22.3 Å². The van der Waals surface area contributed by atoms with Crippen molar-refractivity contribution in [3.05, 3.63) is 261 Å². The van der Waals surface area contributed by atoms with Crippen LogP contribution >= 0.6 is 0 Å². The van der Waals surface area contributed by atoms with E-state index in [1.807, 2.05) is 0 Å². The van der Waals surface area contributed by atoms with Gasteiger partial charge in [-0.2, -0.15) is 0 Å². The van der Waals surface area contributed by atoms with Crippen molar-refractivity contribution in [1.29, 1.82) is 0 Å². The lowest BCUT2D eigenvalue weighted by Crippen LogP contribution is -2.11. The summed E-state index contributed by atoms with van der Waals surface area (Å²) in [6.45, 7) is 0. The summed E-state index contributed by atoms with van der Waals surface area (Å²) in [5.41, 5.74) is 17.7. The zero-order chi connectivity index (χ0) is 42.0. The fraction of sp³-hybridized carbons (Fsp3) is 0. The molecular formula is C62H43N. The van der Waals surface area contributed by atoms with Crippen LogP contribution in [-0.2, 0) is 0 Å². The lowest BCUT2D eigenvalue weighted by Gasteiger charge is -2.29. The van der Waals surface area contributed by atoms with E-state index in [9.17, 15) is 0 Å². The third kappa shape index (κ3) is 7.16. The molecule has 0 fully saturated rings. The molecule has 1 nitrogen and oxygen atoms in total. The van der Waals surface area contributed by atoms with Crippen LogP contribution in [0.3, 0.4) is 0 Å². The molecule has 0 amide bonds. The monoisotopic (exact) mass is 801 g/mol. The van der Waals surface area contributed by atoms with Crippen molar-refractivity contribution in [1.82, 2.24) is 0 Å². The summed E-state index contributed by atoms with van der Waals surface area (Å²) < 4.78 is 0. The van der Waals surface area contributed by atoms with Crippen molar-refractivity contribution < 1.29 is 0 Å². The number of rotatable bonds is 9. The largest absolute Gasteiger partial charge is 0.310 e. The second kappa shape index (κ2) is 16.7. The maximum atomic E-state index is 2.45. The first-order valence-corrected chi connectivity index (χ1v) is 21.7. The second-order valence-corrected chi connectivity index (χ2v) is 16.0.